The Morgan fingerprint density at radius 3 is 2.86 bits per heavy atom. The summed E-state index contributed by atoms with van der Waals surface area (Å²) < 4.78 is 0. The summed E-state index contributed by atoms with van der Waals surface area (Å²) >= 11 is 7.56. The molecular weight excluding hydrogens is 218 g/mol. The summed E-state index contributed by atoms with van der Waals surface area (Å²) in [6.07, 6.45) is 2.00. The Kier molecular flexibility index (Phi) is 4.84. The molecule has 2 nitrogen and oxygen atoms in total. The largest absolute Gasteiger partial charge is 0.351 e. The van der Waals surface area contributed by atoms with Gasteiger partial charge in [-0.25, -0.2) is 0 Å². The Morgan fingerprint density at radius 1 is 1.50 bits per heavy atom. The SMILES string of the molecule is CSCCNC(=O)c1ccccc1Cl. The molecule has 0 saturated heterocycles. The van der Waals surface area contributed by atoms with Gasteiger partial charge in [-0.05, 0) is 18.4 Å². The molecule has 0 aliphatic heterocycles. The van der Waals surface area contributed by atoms with E-state index in [9.17, 15) is 4.79 Å². The molecule has 0 atom stereocenters. The lowest BCUT2D eigenvalue weighted by Crippen LogP contribution is -2.25. The Hall–Kier alpha value is -0.670. The van der Waals surface area contributed by atoms with Crippen molar-refractivity contribution in [3.63, 3.8) is 0 Å². The van der Waals surface area contributed by atoms with E-state index in [1.165, 1.54) is 0 Å². The van der Waals surface area contributed by atoms with Gasteiger partial charge in [0, 0.05) is 12.3 Å². The van der Waals surface area contributed by atoms with Crippen LogP contribution in [0, 0.1) is 0 Å². The first-order valence-electron chi connectivity index (χ1n) is 4.27. The van der Waals surface area contributed by atoms with E-state index in [2.05, 4.69) is 5.32 Å². The van der Waals surface area contributed by atoms with Gasteiger partial charge in [0.15, 0.2) is 0 Å². The highest BCUT2D eigenvalue weighted by atomic mass is 35.5. The molecule has 0 bridgehead atoms. The fourth-order valence-corrected chi connectivity index (χ4v) is 1.53. The van der Waals surface area contributed by atoms with Gasteiger partial charge in [-0.2, -0.15) is 11.8 Å². The molecule has 0 fully saturated rings. The van der Waals surface area contributed by atoms with Crippen LogP contribution in [-0.4, -0.2) is 24.5 Å². The molecular formula is C10H12ClNOS. The number of benzene rings is 1. The van der Waals surface area contributed by atoms with Gasteiger partial charge in [0.2, 0.25) is 0 Å². The maximum atomic E-state index is 11.5. The van der Waals surface area contributed by atoms with Crippen LogP contribution < -0.4 is 5.32 Å². The molecule has 0 saturated carbocycles. The zero-order chi connectivity index (χ0) is 10.4. The van der Waals surface area contributed by atoms with Crippen LogP contribution in [0.4, 0.5) is 0 Å². The molecule has 1 amide bonds. The zero-order valence-electron chi connectivity index (χ0n) is 7.92. The predicted octanol–water partition coefficient (Wildman–Crippen LogP) is 2.43. The van der Waals surface area contributed by atoms with Gasteiger partial charge < -0.3 is 5.32 Å². The van der Waals surface area contributed by atoms with Crippen molar-refractivity contribution in [3.8, 4) is 0 Å². The smallest absolute Gasteiger partial charge is 0.252 e. The van der Waals surface area contributed by atoms with Crippen molar-refractivity contribution in [2.24, 2.45) is 0 Å². The number of hydrogen-bond acceptors (Lipinski definition) is 2. The molecule has 14 heavy (non-hydrogen) atoms. The Balaban J connectivity index is 2.56. The van der Waals surface area contributed by atoms with Crippen molar-refractivity contribution in [3.05, 3.63) is 34.9 Å². The Morgan fingerprint density at radius 2 is 2.21 bits per heavy atom. The standard InChI is InChI=1S/C10H12ClNOS/c1-14-7-6-12-10(13)8-4-2-3-5-9(8)11/h2-5H,6-7H2,1H3,(H,12,13). The van der Waals surface area contributed by atoms with Crippen LogP contribution in [0.3, 0.4) is 0 Å². The van der Waals surface area contributed by atoms with Crippen molar-refractivity contribution < 1.29 is 4.79 Å². The monoisotopic (exact) mass is 229 g/mol. The molecule has 1 aromatic carbocycles. The highest BCUT2D eigenvalue weighted by molar-refractivity contribution is 7.98. The molecule has 0 aromatic heterocycles. The van der Waals surface area contributed by atoms with Gasteiger partial charge in [0.05, 0.1) is 10.6 Å². The fraction of sp³-hybridized carbons (Fsp3) is 0.300. The van der Waals surface area contributed by atoms with Crippen molar-refractivity contribution in [1.82, 2.24) is 5.32 Å². The third-order valence-electron chi connectivity index (χ3n) is 1.71. The van der Waals surface area contributed by atoms with E-state index >= 15 is 0 Å². The minimum absolute atomic E-state index is 0.107. The first-order chi connectivity index (χ1) is 6.75. The molecule has 4 heteroatoms. The van der Waals surface area contributed by atoms with Crippen LogP contribution >= 0.6 is 23.4 Å². The number of hydrogen-bond donors (Lipinski definition) is 1. The molecule has 1 rings (SSSR count). The summed E-state index contributed by atoms with van der Waals surface area (Å²) in [7, 11) is 0. The first kappa shape index (κ1) is 11.4. The summed E-state index contributed by atoms with van der Waals surface area (Å²) in [6, 6.07) is 7.04. The van der Waals surface area contributed by atoms with E-state index in [-0.39, 0.29) is 5.91 Å². The average Bonchev–Trinajstić information content (AvgIpc) is 2.18. The summed E-state index contributed by atoms with van der Waals surface area (Å²) in [6.45, 7) is 0.672. The minimum Gasteiger partial charge on any atom is -0.351 e. The number of carbonyl (C=O) groups excluding carboxylic acids is 1. The number of carbonyl (C=O) groups is 1. The molecule has 0 radical (unpaired) electrons. The summed E-state index contributed by atoms with van der Waals surface area (Å²) in [5.41, 5.74) is 0.537. The minimum atomic E-state index is -0.107. The van der Waals surface area contributed by atoms with Crippen LogP contribution in [0.25, 0.3) is 0 Å². The lowest BCUT2D eigenvalue weighted by Gasteiger charge is -2.05. The fourth-order valence-electron chi connectivity index (χ4n) is 1.01. The van der Waals surface area contributed by atoms with Gasteiger partial charge in [-0.3, -0.25) is 4.79 Å². The van der Waals surface area contributed by atoms with E-state index in [1.54, 1.807) is 36.0 Å². The lowest BCUT2D eigenvalue weighted by atomic mass is 10.2. The van der Waals surface area contributed by atoms with Crippen LogP contribution in [-0.2, 0) is 0 Å². The molecule has 0 aliphatic carbocycles. The van der Waals surface area contributed by atoms with Gasteiger partial charge in [0.1, 0.15) is 0 Å². The first-order valence-corrected chi connectivity index (χ1v) is 6.04. The van der Waals surface area contributed by atoms with Crippen LogP contribution in [0.2, 0.25) is 5.02 Å². The van der Waals surface area contributed by atoms with E-state index in [4.69, 9.17) is 11.6 Å². The van der Waals surface area contributed by atoms with Crippen molar-refractivity contribution in [1.29, 1.82) is 0 Å². The highest BCUT2D eigenvalue weighted by Crippen LogP contribution is 2.14. The lowest BCUT2D eigenvalue weighted by molar-refractivity contribution is 0.0956. The molecule has 76 valence electrons. The average molecular weight is 230 g/mol. The summed E-state index contributed by atoms with van der Waals surface area (Å²) in [4.78, 5) is 11.5. The quantitative estimate of drug-likeness (QED) is 0.804. The topological polar surface area (TPSA) is 29.1 Å². The highest BCUT2D eigenvalue weighted by Gasteiger charge is 2.07. The Labute approximate surface area is 93.0 Å². The maximum absolute atomic E-state index is 11.5. The number of halogens is 1. The normalized spacial score (nSPS) is 9.86. The van der Waals surface area contributed by atoms with E-state index in [0.29, 0.717) is 17.1 Å². The van der Waals surface area contributed by atoms with Gasteiger partial charge >= 0.3 is 0 Å². The molecule has 0 unspecified atom stereocenters. The second kappa shape index (κ2) is 5.94. The van der Waals surface area contributed by atoms with Gasteiger partial charge in [0.25, 0.3) is 5.91 Å². The molecule has 0 aliphatic rings. The van der Waals surface area contributed by atoms with Crippen molar-refractivity contribution in [2.45, 2.75) is 0 Å². The summed E-state index contributed by atoms with van der Waals surface area (Å²) in [5.74, 6) is 0.806. The van der Waals surface area contributed by atoms with E-state index < -0.39 is 0 Å². The van der Waals surface area contributed by atoms with Crippen molar-refractivity contribution in [2.75, 3.05) is 18.6 Å². The Bertz CT molecular complexity index is 317. The second-order valence-corrected chi connectivity index (χ2v) is 4.12. The zero-order valence-corrected chi connectivity index (χ0v) is 9.49. The van der Waals surface area contributed by atoms with Gasteiger partial charge in [-0.1, -0.05) is 23.7 Å². The summed E-state index contributed by atoms with van der Waals surface area (Å²) in [5, 5.41) is 3.29. The number of rotatable bonds is 4. The van der Waals surface area contributed by atoms with Crippen LogP contribution in [0.1, 0.15) is 10.4 Å². The van der Waals surface area contributed by atoms with Crippen LogP contribution in [0.5, 0.6) is 0 Å². The predicted molar refractivity (Wildman–Crippen MR) is 62.2 cm³/mol. The number of nitrogens with one attached hydrogen (secondary N) is 1. The number of amides is 1. The molecule has 0 spiro atoms. The molecule has 1 aromatic rings. The van der Waals surface area contributed by atoms with Crippen LogP contribution in [0.15, 0.2) is 24.3 Å². The number of thioether (sulfide) groups is 1. The van der Waals surface area contributed by atoms with Gasteiger partial charge in [-0.15, -0.1) is 0 Å². The third-order valence-corrected chi connectivity index (χ3v) is 2.65. The third kappa shape index (κ3) is 3.24. The van der Waals surface area contributed by atoms with E-state index in [0.717, 1.165) is 5.75 Å². The maximum Gasteiger partial charge on any atom is 0.252 e. The van der Waals surface area contributed by atoms with E-state index in [1.807, 2.05) is 6.26 Å². The second-order valence-electron chi connectivity index (χ2n) is 2.73. The molecule has 1 N–H and O–H groups in total. The van der Waals surface area contributed by atoms with Crippen molar-refractivity contribution >= 4 is 29.3 Å². The molecule has 0 heterocycles.